The largest absolute Gasteiger partial charge is 0.465 e. The van der Waals surface area contributed by atoms with Gasteiger partial charge in [0, 0.05) is 0 Å². The van der Waals surface area contributed by atoms with Gasteiger partial charge >= 0.3 is 11.9 Å². The molecule has 0 bridgehead atoms. The maximum absolute atomic E-state index is 12.4. The van der Waals surface area contributed by atoms with E-state index in [1.165, 1.54) is 90.6 Å². The Morgan fingerprint density at radius 3 is 1.72 bits per heavy atom. The van der Waals surface area contributed by atoms with Crippen LogP contribution >= 0.6 is 0 Å². The van der Waals surface area contributed by atoms with Gasteiger partial charge in [0.15, 0.2) is 0 Å². The van der Waals surface area contributed by atoms with Crippen molar-refractivity contribution in [2.45, 2.75) is 116 Å². The third kappa shape index (κ3) is 10.2. The second kappa shape index (κ2) is 15.8. The molecule has 0 N–H and O–H groups in total. The van der Waals surface area contributed by atoms with Gasteiger partial charge in [0.2, 0.25) is 6.29 Å². The van der Waals surface area contributed by atoms with Crippen molar-refractivity contribution < 1.29 is 23.8 Å². The fourth-order valence-corrected chi connectivity index (χ4v) is 4.09. The molecule has 1 aromatic carbocycles. The smallest absolute Gasteiger partial charge is 0.341 e. The molecule has 1 saturated heterocycles. The Hall–Kier alpha value is -1.88. The molecule has 2 atom stereocenters. The van der Waals surface area contributed by atoms with Gasteiger partial charge in [0.05, 0.1) is 18.2 Å². The van der Waals surface area contributed by atoms with Crippen molar-refractivity contribution in [3.63, 3.8) is 0 Å². The molecule has 0 aliphatic carbocycles. The third-order valence-corrected chi connectivity index (χ3v) is 6.15. The number of epoxide rings is 1. The molecule has 1 aliphatic heterocycles. The van der Waals surface area contributed by atoms with Gasteiger partial charge in [-0.15, -0.1) is 0 Å². The van der Waals surface area contributed by atoms with Gasteiger partial charge < -0.3 is 14.2 Å². The molecule has 180 valence electrons. The average molecular weight is 447 g/mol. The molecule has 5 heteroatoms. The second-order valence-corrected chi connectivity index (χ2v) is 8.87. The highest BCUT2D eigenvalue weighted by atomic mass is 16.8. The molecule has 1 fully saturated rings. The first-order chi connectivity index (χ1) is 15.7. The van der Waals surface area contributed by atoms with Gasteiger partial charge in [0.25, 0.3) is 0 Å². The van der Waals surface area contributed by atoms with Crippen LogP contribution in [0, 0.1) is 0 Å². The Labute approximate surface area is 194 Å². The van der Waals surface area contributed by atoms with Crippen molar-refractivity contribution in [2.24, 2.45) is 0 Å². The number of unbranched alkanes of at least 4 members (excludes halogenated alkanes) is 13. The molecule has 0 amide bonds. The fourth-order valence-electron chi connectivity index (χ4n) is 4.09. The van der Waals surface area contributed by atoms with Crippen LogP contribution in [0.4, 0.5) is 0 Å². The minimum atomic E-state index is -0.548. The van der Waals surface area contributed by atoms with Crippen molar-refractivity contribution in [1.82, 2.24) is 0 Å². The summed E-state index contributed by atoms with van der Waals surface area (Å²) in [6.45, 7) is 2.27. The molecule has 1 aromatic rings. The normalized spacial score (nSPS) is 17.2. The molecule has 2 unspecified atom stereocenters. The van der Waals surface area contributed by atoms with Crippen LogP contribution in [-0.4, -0.2) is 31.4 Å². The van der Waals surface area contributed by atoms with Crippen molar-refractivity contribution in [2.75, 3.05) is 7.11 Å². The second-order valence-electron chi connectivity index (χ2n) is 8.87. The van der Waals surface area contributed by atoms with Crippen molar-refractivity contribution in [3.05, 3.63) is 35.4 Å². The summed E-state index contributed by atoms with van der Waals surface area (Å²) < 4.78 is 15.6. The maximum atomic E-state index is 12.4. The van der Waals surface area contributed by atoms with Gasteiger partial charge in [-0.2, -0.15) is 0 Å². The highest BCUT2D eigenvalue weighted by molar-refractivity contribution is 6.03. The number of carbonyl (C=O) groups excluding carboxylic acids is 2. The van der Waals surface area contributed by atoms with E-state index in [9.17, 15) is 9.59 Å². The first-order valence-corrected chi connectivity index (χ1v) is 12.7. The zero-order valence-electron chi connectivity index (χ0n) is 20.1. The standard InChI is InChI=1S/C27H42O5/c1-3-4-5-6-7-8-9-10-11-12-13-14-15-16-21-24-27(31-24)32-26(29)23-20-18-17-19-22(23)25(28)30-2/h17-20,24,27H,3-16,21H2,1-2H3. The van der Waals surface area contributed by atoms with E-state index < -0.39 is 18.2 Å². The van der Waals surface area contributed by atoms with Gasteiger partial charge in [-0.25, -0.2) is 9.59 Å². The van der Waals surface area contributed by atoms with E-state index in [1.807, 2.05) is 0 Å². The van der Waals surface area contributed by atoms with E-state index in [1.54, 1.807) is 24.3 Å². The van der Waals surface area contributed by atoms with E-state index in [-0.39, 0.29) is 17.2 Å². The summed E-state index contributed by atoms with van der Waals surface area (Å²) in [6.07, 6.45) is 19.1. The number of benzene rings is 1. The zero-order chi connectivity index (χ0) is 23.0. The molecule has 5 nitrogen and oxygen atoms in total. The minimum absolute atomic E-state index is 0.0124. The maximum Gasteiger partial charge on any atom is 0.341 e. The number of methoxy groups -OCH3 is 1. The summed E-state index contributed by atoms with van der Waals surface area (Å²) in [5, 5.41) is 0. The van der Waals surface area contributed by atoms with E-state index in [2.05, 4.69) is 6.92 Å². The van der Waals surface area contributed by atoms with Crippen LogP contribution in [0.3, 0.4) is 0 Å². The van der Waals surface area contributed by atoms with Gasteiger partial charge in [0.1, 0.15) is 6.10 Å². The lowest BCUT2D eigenvalue weighted by molar-refractivity contribution is 0.0290. The van der Waals surface area contributed by atoms with Crippen LogP contribution in [0.25, 0.3) is 0 Å². The lowest BCUT2D eigenvalue weighted by atomic mass is 10.0. The first-order valence-electron chi connectivity index (χ1n) is 12.7. The molecule has 0 radical (unpaired) electrons. The molecule has 0 spiro atoms. The Balaban J connectivity index is 1.44. The summed E-state index contributed by atoms with van der Waals surface area (Å²) >= 11 is 0. The van der Waals surface area contributed by atoms with E-state index in [0.29, 0.717) is 0 Å². The van der Waals surface area contributed by atoms with Gasteiger partial charge in [-0.3, -0.25) is 0 Å². The number of carbonyl (C=O) groups is 2. The van der Waals surface area contributed by atoms with Crippen LogP contribution in [0.15, 0.2) is 24.3 Å². The number of esters is 2. The summed E-state index contributed by atoms with van der Waals surface area (Å²) in [5.41, 5.74) is 0.425. The fraction of sp³-hybridized carbons (Fsp3) is 0.704. The quantitative estimate of drug-likeness (QED) is 0.135. The molecule has 1 heterocycles. The summed E-state index contributed by atoms with van der Waals surface area (Å²) in [7, 11) is 1.29. The summed E-state index contributed by atoms with van der Waals surface area (Å²) in [5.74, 6) is -1.09. The van der Waals surface area contributed by atoms with Gasteiger partial charge in [-0.05, 0) is 18.6 Å². The molecule has 2 rings (SSSR count). The monoisotopic (exact) mass is 446 g/mol. The third-order valence-electron chi connectivity index (χ3n) is 6.15. The van der Waals surface area contributed by atoms with Crippen LogP contribution in [-0.2, 0) is 14.2 Å². The zero-order valence-corrected chi connectivity index (χ0v) is 20.1. The molecule has 0 saturated carbocycles. The number of hydrogen-bond acceptors (Lipinski definition) is 5. The Morgan fingerprint density at radius 1 is 0.750 bits per heavy atom. The number of ether oxygens (including phenoxy) is 3. The summed E-state index contributed by atoms with van der Waals surface area (Å²) in [6, 6.07) is 6.51. The highest BCUT2D eigenvalue weighted by Crippen LogP contribution is 2.30. The number of hydrogen-bond donors (Lipinski definition) is 0. The highest BCUT2D eigenvalue weighted by Gasteiger charge is 2.42. The molecular formula is C27H42O5. The van der Waals surface area contributed by atoms with Crippen LogP contribution in [0.1, 0.15) is 124 Å². The SMILES string of the molecule is CCCCCCCCCCCCCCCCC1OC1OC(=O)c1ccccc1C(=O)OC. The Morgan fingerprint density at radius 2 is 1.22 bits per heavy atom. The van der Waals surface area contributed by atoms with Crippen molar-refractivity contribution in [1.29, 1.82) is 0 Å². The van der Waals surface area contributed by atoms with E-state index >= 15 is 0 Å². The van der Waals surface area contributed by atoms with E-state index in [0.717, 1.165) is 12.8 Å². The van der Waals surface area contributed by atoms with Crippen LogP contribution < -0.4 is 0 Å². The van der Waals surface area contributed by atoms with Crippen LogP contribution in [0.2, 0.25) is 0 Å². The minimum Gasteiger partial charge on any atom is -0.465 e. The topological polar surface area (TPSA) is 65.1 Å². The molecule has 0 aromatic heterocycles. The van der Waals surface area contributed by atoms with Crippen molar-refractivity contribution >= 4 is 11.9 Å². The predicted molar refractivity (Wildman–Crippen MR) is 127 cm³/mol. The Bertz CT molecular complexity index is 672. The van der Waals surface area contributed by atoms with E-state index in [4.69, 9.17) is 14.2 Å². The average Bonchev–Trinajstić information content (AvgIpc) is 3.56. The predicted octanol–water partition coefficient (Wildman–Crippen LogP) is 7.23. The molecule has 1 aliphatic rings. The lowest BCUT2D eigenvalue weighted by Crippen LogP contribution is -2.15. The van der Waals surface area contributed by atoms with Crippen molar-refractivity contribution in [3.8, 4) is 0 Å². The Kier molecular flexibility index (Phi) is 13.1. The van der Waals surface area contributed by atoms with Crippen LogP contribution in [0.5, 0.6) is 0 Å². The summed E-state index contributed by atoms with van der Waals surface area (Å²) in [4.78, 5) is 24.2. The van der Waals surface area contributed by atoms with Gasteiger partial charge in [-0.1, -0.05) is 109 Å². The molecule has 32 heavy (non-hydrogen) atoms. The first kappa shape index (κ1) is 26.4. The number of rotatable bonds is 18. The molecular weight excluding hydrogens is 404 g/mol. The lowest BCUT2D eigenvalue weighted by Gasteiger charge is -2.06.